The second-order valence-corrected chi connectivity index (χ2v) is 7.01. The topological polar surface area (TPSA) is 39.2 Å². The number of aromatic nitrogens is 1. The van der Waals surface area contributed by atoms with Crippen molar-refractivity contribution < 1.29 is 9.53 Å². The minimum absolute atomic E-state index is 0.213. The summed E-state index contributed by atoms with van der Waals surface area (Å²) in [5.41, 5.74) is 5.16. The first kappa shape index (κ1) is 17.2. The summed E-state index contributed by atoms with van der Waals surface area (Å²) >= 11 is 0. The summed E-state index contributed by atoms with van der Waals surface area (Å²) in [5, 5.41) is 0. The summed E-state index contributed by atoms with van der Waals surface area (Å²) in [6.07, 6.45) is 5.14. The molecule has 0 atom stereocenters. The van der Waals surface area contributed by atoms with Crippen LogP contribution in [-0.2, 0) is 16.6 Å². The number of hydrogen-bond acceptors (Lipinski definition) is 3. The van der Waals surface area contributed by atoms with Crippen molar-refractivity contribution in [3.63, 3.8) is 0 Å². The molecule has 25 heavy (non-hydrogen) atoms. The second-order valence-electron chi connectivity index (χ2n) is 7.01. The van der Waals surface area contributed by atoms with Gasteiger partial charge in [-0.2, -0.15) is 0 Å². The Labute approximate surface area is 149 Å². The zero-order valence-corrected chi connectivity index (χ0v) is 15.1. The summed E-state index contributed by atoms with van der Waals surface area (Å²) in [7, 11) is 0. The number of rotatable bonds is 2. The van der Waals surface area contributed by atoms with E-state index in [0.29, 0.717) is 17.9 Å². The van der Waals surface area contributed by atoms with Crippen LogP contribution in [0.15, 0.2) is 36.5 Å². The third kappa shape index (κ3) is 3.91. The largest absolute Gasteiger partial charge is 0.462 e. The van der Waals surface area contributed by atoms with E-state index < -0.39 is 0 Å². The van der Waals surface area contributed by atoms with E-state index in [1.165, 1.54) is 30.2 Å². The molecule has 0 saturated carbocycles. The van der Waals surface area contributed by atoms with E-state index in [2.05, 4.69) is 48.9 Å². The quantitative estimate of drug-likeness (QED) is 0.608. The van der Waals surface area contributed by atoms with Crippen LogP contribution in [-0.4, -0.2) is 17.6 Å². The second kappa shape index (κ2) is 7.11. The maximum Gasteiger partial charge on any atom is 0.339 e. The molecule has 0 radical (unpaired) electrons. The van der Waals surface area contributed by atoms with Crippen LogP contribution >= 0.6 is 0 Å². The fourth-order valence-electron chi connectivity index (χ4n) is 3.30. The molecule has 1 aliphatic rings. The standard InChI is InChI=1S/C22H23NO2/c1-4-25-21(24)18-10-12-19(23-15-18)11-8-16-7-9-17-6-5-13-22(2,3)20(17)14-16/h7,9-10,12,14-15H,4-6,13H2,1-3H3. The fraction of sp³-hybridized carbons (Fsp3) is 0.364. The van der Waals surface area contributed by atoms with Gasteiger partial charge in [0.05, 0.1) is 12.2 Å². The molecule has 0 unspecified atom stereocenters. The van der Waals surface area contributed by atoms with Crippen molar-refractivity contribution in [1.29, 1.82) is 0 Å². The molecule has 1 heterocycles. The molecule has 1 aromatic carbocycles. The number of aryl methyl sites for hydroxylation is 1. The Bertz CT molecular complexity index is 839. The summed E-state index contributed by atoms with van der Waals surface area (Å²) < 4.78 is 4.95. The number of carbonyl (C=O) groups is 1. The average molecular weight is 333 g/mol. The summed E-state index contributed by atoms with van der Waals surface area (Å²) in [6.45, 7) is 6.75. The van der Waals surface area contributed by atoms with E-state index in [4.69, 9.17) is 4.74 Å². The van der Waals surface area contributed by atoms with Gasteiger partial charge in [-0.25, -0.2) is 9.78 Å². The minimum Gasteiger partial charge on any atom is -0.462 e. The van der Waals surface area contributed by atoms with Crippen LogP contribution in [0, 0.1) is 11.8 Å². The molecular weight excluding hydrogens is 310 g/mol. The number of nitrogens with zero attached hydrogens (tertiary/aromatic N) is 1. The van der Waals surface area contributed by atoms with Crippen molar-refractivity contribution in [2.75, 3.05) is 6.61 Å². The van der Waals surface area contributed by atoms with Crippen molar-refractivity contribution in [2.24, 2.45) is 0 Å². The monoisotopic (exact) mass is 333 g/mol. The Kier molecular flexibility index (Phi) is 4.90. The Morgan fingerprint density at radius 1 is 1.24 bits per heavy atom. The van der Waals surface area contributed by atoms with Gasteiger partial charge in [0.15, 0.2) is 0 Å². The SMILES string of the molecule is CCOC(=O)c1ccc(C#Cc2ccc3c(c2)C(C)(C)CCC3)nc1. The predicted molar refractivity (Wildman–Crippen MR) is 98.6 cm³/mol. The van der Waals surface area contributed by atoms with Gasteiger partial charge in [-0.15, -0.1) is 0 Å². The van der Waals surface area contributed by atoms with Crippen LogP contribution in [0.4, 0.5) is 0 Å². The normalized spacial score (nSPS) is 14.8. The molecule has 128 valence electrons. The lowest BCUT2D eigenvalue weighted by Gasteiger charge is -2.32. The maximum atomic E-state index is 11.6. The molecule has 3 nitrogen and oxygen atoms in total. The predicted octanol–water partition coefficient (Wildman–Crippen LogP) is 4.27. The molecular formula is C22H23NO2. The van der Waals surface area contributed by atoms with Gasteiger partial charge in [-0.05, 0) is 72.9 Å². The Balaban J connectivity index is 1.81. The highest BCUT2D eigenvalue weighted by Crippen LogP contribution is 2.36. The van der Waals surface area contributed by atoms with Gasteiger partial charge in [0.1, 0.15) is 5.69 Å². The number of fused-ring (bicyclic) bond motifs is 1. The molecule has 1 aromatic heterocycles. The van der Waals surface area contributed by atoms with Gasteiger partial charge in [0.25, 0.3) is 0 Å². The number of benzene rings is 1. The number of ether oxygens (including phenoxy) is 1. The highest BCUT2D eigenvalue weighted by molar-refractivity contribution is 5.89. The summed E-state index contributed by atoms with van der Waals surface area (Å²) in [5.74, 6) is 5.92. The molecule has 2 aromatic rings. The fourth-order valence-corrected chi connectivity index (χ4v) is 3.30. The van der Waals surface area contributed by atoms with E-state index in [1.807, 2.05) is 0 Å². The lowest BCUT2D eigenvalue weighted by molar-refractivity contribution is 0.0526. The molecule has 0 bridgehead atoms. The van der Waals surface area contributed by atoms with E-state index >= 15 is 0 Å². The first-order chi connectivity index (χ1) is 12.0. The summed E-state index contributed by atoms with van der Waals surface area (Å²) in [6, 6.07) is 9.96. The van der Waals surface area contributed by atoms with Gasteiger partial charge >= 0.3 is 5.97 Å². The maximum absolute atomic E-state index is 11.6. The third-order valence-electron chi connectivity index (χ3n) is 4.70. The van der Waals surface area contributed by atoms with Crippen molar-refractivity contribution in [2.45, 2.75) is 45.4 Å². The van der Waals surface area contributed by atoms with Crippen molar-refractivity contribution in [3.8, 4) is 11.8 Å². The van der Waals surface area contributed by atoms with Crippen LogP contribution in [0.5, 0.6) is 0 Å². The van der Waals surface area contributed by atoms with Crippen molar-refractivity contribution in [3.05, 3.63) is 64.5 Å². The van der Waals surface area contributed by atoms with E-state index in [9.17, 15) is 4.79 Å². The first-order valence-electron chi connectivity index (χ1n) is 8.78. The Morgan fingerprint density at radius 3 is 2.80 bits per heavy atom. The van der Waals surface area contributed by atoms with Crippen LogP contribution in [0.25, 0.3) is 0 Å². The van der Waals surface area contributed by atoms with Gasteiger partial charge in [0, 0.05) is 11.8 Å². The zero-order valence-electron chi connectivity index (χ0n) is 15.1. The minimum atomic E-state index is -0.355. The van der Waals surface area contributed by atoms with Crippen LogP contribution < -0.4 is 0 Å². The van der Waals surface area contributed by atoms with Crippen molar-refractivity contribution in [1.82, 2.24) is 4.98 Å². The number of carbonyl (C=O) groups excluding carboxylic acids is 1. The van der Waals surface area contributed by atoms with E-state index in [0.717, 1.165) is 12.0 Å². The molecule has 0 N–H and O–H groups in total. The van der Waals surface area contributed by atoms with Crippen LogP contribution in [0.1, 0.15) is 66.4 Å². The first-order valence-corrected chi connectivity index (χ1v) is 8.78. The third-order valence-corrected chi connectivity index (χ3v) is 4.70. The van der Waals surface area contributed by atoms with E-state index in [1.54, 1.807) is 19.1 Å². The summed E-state index contributed by atoms with van der Waals surface area (Å²) in [4.78, 5) is 15.9. The van der Waals surface area contributed by atoms with Crippen LogP contribution in [0.2, 0.25) is 0 Å². The molecule has 0 fully saturated rings. The van der Waals surface area contributed by atoms with Crippen LogP contribution in [0.3, 0.4) is 0 Å². The Morgan fingerprint density at radius 2 is 2.08 bits per heavy atom. The molecule has 0 saturated heterocycles. The van der Waals surface area contributed by atoms with Gasteiger partial charge in [0.2, 0.25) is 0 Å². The smallest absolute Gasteiger partial charge is 0.339 e. The highest BCUT2D eigenvalue weighted by Gasteiger charge is 2.27. The molecule has 3 heteroatoms. The van der Waals surface area contributed by atoms with Gasteiger partial charge in [-0.1, -0.05) is 25.8 Å². The number of hydrogen-bond donors (Lipinski definition) is 0. The molecule has 1 aliphatic carbocycles. The average Bonchev–Trinajstić information content (AvgIpc) is 2.61. The molecule has 0 amide bonds. The molecule has 0 spiro atoms. The molecule has 3 rings (SSSR count). The van der Waals surface area contributed by atoms with Gasteiger partial charge < -0.3 is 4.74 Å². The van der Waals surface area contributed by atoms with Gasteiger partial charge in [-0.3, -0.25) is 0 Å². The van der Waals surface area contributed by atoms with Crippen molar-refractivity contribution >= 4 is 5.97 Å². The zero-order chi connectivity index (χ0) is 17.9. The number of pyridine rings is 1. The Hall–Kier alpha value is -2.60. The van der Waals surface area contributed by atoms with E-state index in [-0.39, 0.29) is 11.4 Å². The number of esters is 1. The lowest BCUT2D eigenvalue weighted by atomic mass is 9.72. The highest BCUT2D eigenvalue weighted by atomic mass is 16.5. The lowest BCUT2D eigenvalue weighted by Crippen LogP contribution is -2.23. The molecule has 0 aliphatic heterocycles.